The summed E-state index contributed by atoms with van der Waals surface area (Å²) in [5.74, 6) is 1.05. The Bertz CT molecular complexity index is 2020. The van der Waals surface area contributed by atoms with E-state index < -0.39 is 0 Å². The van der Waals surface area contributed by atoms with E-state index in [2.05, 4.69) is 171 Å². The molecule has 0 bridgehead atoms. The van der Waals surface area contributed by atoms with Crippen LogP contribution in [0.1, 0.15) is 67.0 Å². The van der Waals surface area contributed by atoms with E-state index >= 15 is 0 Å². The molecular formula is C44H43N. The molecule has 224 valence electrons. The van der Waals surface area contributed by atoms with Gasteiger partial charge in [0.15, 0.2) is 0 Å². The summed E-state index contributed by atoms with van der Waals surface area (Å²) in [6, 6.07) is 41.5. The van der Waals surface area contributed by atoms with E-state index in [-0.39, 0.29) is 7.43 Å². The SMILES string of the molecule is C.Cc1ccc(-c2cccc3ccccc23)cc1.Cc1ccc(C2C=CC(n3c4c(c5ccccc53)C(C)CC=C4)=CC2)cc1. The number of rotatable bonds is 3. The van der Waals surface area contributed by atoms with Crippen LogP contribution in [0, 0.1) is 13.8 Å². The van der Waals surface area contributed by atoms with Crippen LogP contribution >= 0.6 is 0 Å². The molecule has 8 rings (SSSR count). The van der Waals surface area contributed by atoms with Crippen molar-refractivity contribution < 1.29 is 0 Å². The standard InChI is InChI=1S/C26H25N.C17H14.CH4/c1-18-10-12-20(13-11-18)21-14-16-22(17-15-21)27-24-8-4-3-7-23(24)26-19(2)6-5-9-25(26)27;1-13-9-11-15(12-10-13)17-8-4-6-14-5-2-3-7-16(14)17;/h3-5,7-14,16-17,19,21H,6,15H2,1-2H3;2-12H,1H3;1H4. The van der Waals surface area contributed by atoms with Gasteiger partial charge in [-0.1, -0.05) is 153 Å². The summed E-state index contributed by atoms with van der Waals surface area (Å²) < 4.78 is 2.46. The molecule has 2 aliphatic carbocycles. The molecule has 1 nitrogen and oxygen atoms in total. The molecule has 1 aromatic heterocycles. The Morgan fingerprint density at radius 1 is 0.644 bits per heavy atom. The van der Waals surface area contributed by atoms with Crippen molar-refractivity contribution in [1.82, 2.24) is 4.57 Å². The molecule has 2 atom stereocenters. The van der Waals surface area contributed by atoms with Gasteiger partial charge in [-0.05, 0) is 83.9 Å². The summed E-state index contributed by atoms with van der Waals surface area (Å²) in [6.45, 7) is 6.61. The average Bonchev–Trinajstić information content (AvgIpc) is 3.41. The highest BCUT2D eigenvalue weighted by Gasteiger charge is 2.24. The third-order valence-corrected chi connectivity index (χ3v) is 9.21. The average molecular weight is 586 g/mol. The van der Waals surface area contributed by atoms with Crippen molar-refractivity contribution in [2.24, 2.45) is 0 Å². The van der Waals surface area contributed by atoms with Gasteiger partial charge in [-0.25, -0.2) is 0 Å². The molecule has 0 spiro atoms. The first-order chi connectivity index (χ1) is 21.6. The number of hydrogen-bond donors (Lipinski definition) is 0. The number of hydrogen-bond acceptors (Lipinski definition) is 0. The minimum atomic E-state index is 0. The lowest BCUT2D eigenvalue weighted by molar-refractivity contribution is 0.773. The Morgan fingerprint density at radius 3 is 2.04 bits per heavy atom. The third kappa shape index (κ3) is 5.96. The van der Waals surface area contributed by atoms with Crippen LogP contribution in [0.15, 0.2) is 140 Å². The number of benzene rings is 5. The number of aryl methyl sites for hydroxylation is 2. The predicted molar refractivity (Wildman–Crippen MR) is 197 cm³/mol. The zero-order valence-corrected chi connectivity index (χ0v) is 25.9. The first kappa shape index (κ1) is 30.2. The number of aromatic nitrogens is 1. The van der Waals surface area contributed by atoms with Gasteiger partial charge in [0, 0.05) is 22.7 Å². The Kier molecular flexibility index (Phi) is 8.71. The summed E-state index contributed by atoms with van der Waals surface area (Å²) in [7, 11) is 0. The molecule has 2 unspecified atom stereocenters. The van der Waals surface area contributed by atoms with Crippen LogP contribution in [0.4, 0.5) is 0 Å². The van der Waals surface area contributed by atoms with Crippen LogP contribution < -0.4 is 0 Å². The van der Waals surface area contributed by atoms with Crippen LogP contribution in [0.2, 0.25) is 0 Å². The van der Waals surface area contributed by atoms with Gasteiger partial charge in [0.25, 0.3) is 0 Å². The topological polar surface area (TPSA) is 4.93 Å². The zero-order chi connectivity index (χ0) is 30.0. The lowest BCUT2D eigenvalue weighted by atomic mass is 9.90. The smallest absolute Gasteiger partial charge is 0.0537 e. The molecule has 1 heterocycles. The minimum Gasteiger partial charge on any atom is -0.310 e. The van der Waals surface area contributed by atoms with Crippen LogP contribution in [0.25, 0.3) is 44.6 Å². The maximum Gasteiger partial charge on any atom is 0.0537 e. The highest BCUT2D eigenvalue weighted by molar-refractivity contribution is 5.96. The number of fused-ring (bicyclic) bond motifs is 4. The highest BCUT2D eigenvalue weighted by Crippen LogP contribution is 2.40. The van der Waals surface area contributed by atoms with Gasteiger partial charge in [0.05, 0.1) is 5.52 Å². The van der Waals surface area contributed by atoms with E-state index in [1.807, 2.05) is 0 Å². The fraction of sp³-hybridized carbons (Fsp3) is 0.182. The molecule has 0 radical (unpaired) electrons. The van der Waals surface area contributed by atoms with Gasteiger partial charge in [-0.3, -0.25) is 0 Å². The summed E-state index contributed by atoms with van der Waals surface area (Å²) in [5.41, 5.74) is 12.1. The lowest BCUT2D eigenvalue weighted by Crippen LogP contribution is -2.06. The van der Waals surface area contributed by atoms with E-state index in [1.54, 1.807) is 0 Å². The fourth-order valence-corrected chi connectivity index (χ4v) is 6.79. The summed E-state index contributed by atoms with van der Waals surface area (Å²) in [6.07, 6.45) is 13.9. The number of allylic oxidation sites excluding steroid dienone is 5. The number of nitrogens with zero attached hydrogens (tertiary/aromatic N) is 1. The predicted octanol–water partition coefficient (Wildman–Crippen LogP) is 12.5. The van der Waals surface area contributed by atoms with E-state index in [0.29, 0.717) is 11.8 Å². The first-order valence-electron chi connectivity index (χ1n) is 15.9. The molecular weight excluding hydrogens is 542 g/mol. The molecule has 0 N–H and O–H groups in total. The second-order valence-corrected chi connectivity index (χ2v) is 12.3. The Hall–Kier alpha value is -4.88. The van der Waals surface area contributed by atoms with Crippen LogP contribution in [0.3, 0.4) is 0 Å². The van der Waals surface area contributed by atoms with Gasteiger partial charge in [0.2, 0.25) is 0 Å². The Balaban J connectivity index is 0.000000171. The Morgan fingerprint density at radius 2 is 1.31 bits per heavy atom. The maximum absolute atomic E-state index is 2.46. The molecule has 1 heteroatoms. The first-order valence-corrected chi connectivity index (χ1v) is 15.9. The van der Waals surface area contributed by atoms with E-state index in [4.69, 9.17) is 0 Å². The Labute approximate surface area is 268 Å². The molecule has 0 saturated carbocycles. The van der Waals surface area contributed by atoms with Crippen LogP contribution in [-0.4, -0.2) is 4.57 Å². The van der Waals surface area contributed by atoms with Crippen molar-refractivity contribution in [3.05, 3.63) is 168 Å². The van der Waals surface area contributed by atoms with Gasteiger partial charge in [-0.15, -0.1) is 0 Å². The molecule has 0 fully saturated rings. The van der Waals surface area contributed by atoms with Gasteiger partial charge >= 0.3 is 0 Å². The van der Waals surface area contributed by atoms with Crippen molar-refractivity contribution >= 4 is 33.4 Å². The van der Waals surface area contributed by atoms with Crippen LogP contribution in [-0.2, 0) is 0 Å². The lowest BCUT2D eigenvalue weighted by Gasteiger charge is -2.21. The molecule has 0 aliphatic heterocycles. The van der Waals surface area contributed by atoms with E-state index in [0.717, 1.165) is 12.8 Å². The van der Waals surface area contributed by atoms with Crippen molar-refractivity contribution in [2.75, 3.05) is 0 Å². The van der Waals surface area contributed by atoms with Crippen LogP contribution in [0.5, 0.6) is 0 Å². The molecule has 0 amide bonds. The van der Waals surface area contributed by atoms with Crippen molar-refractivity contribution in [3.63, 3.8) is 0 Å². The molecule has 6 aromatic rings. The van der Waals surface area contributed by atoms with Gasteiger partial charge < -0.3 is 4.57 Å². The fourth-order valence-electron chi connectivity index (χ4n) is 6.79. The van der Waals surface area contributed by atoms with Crippen molar-refractivity contribution in [2.45, 2.75) is 52.9 Å². The second-order valence-electron chi connectivity index (χ2n) is 12.3. The second kappa shape index (κ2) is 13.0. The highest BCUT2D eigenvalue weighted by atomic mass is 15.0. The molecule has 2 aliphatic rings. The molecule has 5 aromatic carbocycles. The third-order valence-electron chi connectivity index (χ3n) is 9.21. The van der Waals surface area contributed by atoms with Gasteiger partial charge in [0.1, 0.15) is 0 Å². The summed E-state index contributed by atoms with van der Waals surface area (Å²) >= 11 is 0. The van der Waals surface area contributed by atoms with E-state index in [1.165, 1.54) is 66.4 Å². The maximum atomic E-state index is 2.46. The number of para-hydroxylation sites is 1. The quantitative estimate of drug-likeness (QED) is 0.195. The summed E-state index contributed by atoms with van der Waals surface area (Å²) in [5, 5.41) is 4.02. The van der Waals surface area contributed by atoms with E-state index in [9.17, 15) is 0 Å². The zero-order valence-electron chi connectivity index (χ0n) is 25.9. The largest absolute Gasteiger partial charge is 0.310 e. The van der Waals surface area contributed by atoms with Gasteiger partial charge in [-0.2, -0.15) is 0 Å². The summed E-state index contributed by atoms with van der Waals surface area (Å²) in [4.78, 5) is 0. The molecule has 45 heavy (non-hydrogen) atoms. The minimum absolute atomic E-state index is 0. The normalized spacial score (nSPS) is 16.8. The van der Waals surface area contributed by atoms with Crippen molar-refractivity contribution in [1.29, 1.82) is 0 Å². The monoisotopic (exact) mass is 585 g/mol. The molecule has 0 saturated heterocycles. The van der Waals surface area contributed by atoms with Crippen molar-refractivity contribution in [3.8, 4) is 11.1 Å².